The van der Waals surface area contributed by atoms with Crippen molar-refractivity contribution in [1.29, 1.82) is 0 Å². The number of aliphatic hydroxyl groups excluding tert-OH is 40. The predicted molar refractivity (Wildman–Crippen MR) is 351 cm³/mol. The van der Waals surface area contributed by atoms with Crippen LogP contribution in [0.4, 0.5) is 0 Å². The third-order valence-corrected chi connectivity index (χ3v) is 14.0. The molecule has 0 aliphatic heterocycles. The average molecular weight is 2260 g/mol. The topological polar surface area (TPSA) is 1380 Å². The molecular weight excluding hydrogens is 2170 g/mol. The van der Waals surface area contributed by atoms with Gasteiger partial charge in [0.05, 0.1) is 59.7 Å². The van der Waals surface area contributed by atoms with Crippen LogP contribution in [0, 0.1) is 0 Å². The quantitative estimate of drug-likeness (QED) is 0.0199. The molecule has 0 saturated carbocycles. The molecule has 0 bridgehead atoms. The minimum atomic E-state index is -2.36. The first-order valence-corrected chi connectivity index (χ1v) is 33.0. The Morgan fingerprint density at radius 3 is 0.193 bits per heavy atom. The van der Waals surface area contributed by atoms with Crippen LogP contribution in [0.3, 0.4) is 0 Å². The van der Waals surface area contributed by atoms with E-state index in [2.05, 4.69) is 0 Å². The Morgan fingerprint density at radius 2 is 0.163 bits per heavy atom. The number of aldehydes is 10. The van der Waals surface area contributed by atoms with E-state index in [0.717, 1.165) is 0 Å². The molecule has 75 heteroatoms. The molecule has 0 unspecified atom stereocenters. The third kappa shape index (κ3) is 66.2. The van der Waals surface area contributed by atoms with Crippen molar-refractivity contribution in [1.82, 2.24) is 0 Å². The fraction of sp³-hybridized carbons (Fsp3) is 0.667. The molecule has 0 amide bonds. The molecule has 0 radical (unpaired) electrons. The van der Waals surface area contributed by atoms with Crippen LogP contribution < -0.4 is 51.1 Å². The summed E-state index contributed by atoms with van der Waals surface area (Å²) in [5.41, 5.74) is 0. The summed E-state index contributed by atoms with van der Waals surface area (Å²) in [6, 6.07) is 0. The molecule has 40 N–H and O–H groups in total. The van der Waals surface area contributed by atoms with E-state index in [9.17, 15) is 147 Å². The molecule has 0 rings (SSSR count). The number of hydrogen-bond donors (Lipinski definition) is 40. The summed E-state index contributed by atoms with van der Waals surface area (Å²) in [6.07, 6.45) is -86.5. The molecule has 0 aliphatic carbocycles. The van der Waals surface area contributed by atoms with Gasteiger partial charge in [-0.25, -0.2) is 0 Å². The number of carbonyl (C=O) groups is 20. The number of hydrogen-bond acceptors (Lipinski definition) is 70. The molecule has 0 saturated heterocycles. The zero-order valence-electron chi connectivity index (χ0n) is 67.5. The average Bonchev–Trinajstić information content (AvgIpc) is 0.954. The molecule has 40 atom stereocenters. The van der Waals surface area contributed by atoms with Crippen LogP contribution in [0.5, 0.6) is 0 Å². The zero-order valence-corrected chi connectivity index (χ0v) is 82.4. The van der Waals surface area contributed by atoms with Gasteiger partial charge in [0.2, 0.25) is 0 Å². The molecule has 70 nitrogen and oxygen atoms in total. The monoisotopic (exact) mass is 2250 g/mol. The Hall–Kier alpha value is -7.08. The van der Waals surface area contributed by atoms with Crippen molar-refractivity contribution < 1.29 is 449 Å². The fourth-order valence-electron chi connectivity index (χ4n) is 6.09. The van der Waals surface area contributed by atoms with Gasteiger partial charge in [-0.2, -0.15) is 0 Å². The van der Waals surface area contributed by atoms with Crippen molar-refractivity contribution in [2.45, 2.75) is 244 Å². The standard InChI is InChI=1S/10C6H10O7.5Zn/c10*7-1-2(8)3(9)4(10)5(11)6(12)13;;;;;/h10*1-5,8-11H,(H,12,13);;;;;/q;;;;;;;;;;5*+2/p-10/t10*2-,3+,4+,5-;;;;;/m0000000000...../s1. The Morgan fingerprint density at radius 1 is 0.119 bits per heavy atom. The Balaban J connectivity index is -0.0000000908. The van der Waals surface area contributed by atoms with Crippen molar-refractivity contribution in [2.24, 2.45) is 0 Å². The number of carboxylic acids is 10. The normalized spacial score (nSPS) is 19.3. The minimum Gasteiger partial charge on any atom is -0.547 e. The summed E-state index contributed by atoms with van der Waals surface area (Å²) >= 11 is 0. The van der Waals surface area contributed by atoms with Gasteiger partial charge in [-0.3, -0.25) is 0 Å². The van der Waals surface area contributed by atoms with Gasteiger partial charge in [-0.1, -0.05) is 0 Å². The molecule has 760 valence electrons. The summed E-state index contributed by atoms with van der Waals surface area (Å²) in [6.45, 7) is 0. The zero-order chi connectivity index (χ0) is 106. The summed E-state index contributed by atoms with van der Waals surface area (Å²) in [4.78, 5) is 198. The van der Waals surface area contributed by atoms with Gasteiger partial charge in [0.15, 0.2) is 62.9 Å². The van der Waals surface area contributed by atoms with Gasteiger partial charge in [-0.05, 0) is 0 Å². The maximum atomic E-state index is 9.95. The van der Waals surface area contributed by atoms with Crippen LogP contribution in [0.25, 0.3) is 0 Å². The summed E-state index contributed by atoms with van der Waals surface area (Å²) in [5.74, 6) is -20.1. The molecule has 0 aromatic heterocycles. The van der Waals surface area contributed by atoms with Gasteiger partial charge in [0.25, 0.3) is 0 Å². The van der Waals surface area contributed by atoms with Gasteiger partial charge >= 0.3 is 97.4 Å². The molecule has 0 heterocycles. The van der Waals surface area contributed by atoms with E-state index in [1.807, 2.05) is 0 Å². The second-order valence-corrected chi connectivity index (χ2v) is 23.7. The largest absolute Gasteiger partial charge is 2.00 e. The molecule has 0 fully saturated rings. The minimum absolute atomic E-state index is 0. The van der Waals surface area contributed by atoms with Gasteiger partial charge in [0.1, 0.15) is 244 Å². The first-order chi connectivity index (χ1) is 59.1. The van der Waals surface area contributed by atoms with E-state index in [1.54, 1.807) is 0 Å². The smallest absolute Gasteiger partial charge is 0.547 e. The van der Waals surface area contributed by atoms with Crippen LogP contribution in [0.1, 0.15) is 0 Å². The predicted octanol–water partition coefficient (Wildman–Crippen LogP) is -46.2. The van der Waals surface area contributed by atoms with E-state index in [-0.39, 0.29) is 160 Å². The second kappa shape index (κ2) is 86.1. The molecule has 0 aliphatic rings. The summed E-state index contributed by atoms with van der Waals surface area (Å²) in [7, 11) is 0. The number of rotatable bonds is 50. The van der Waals surface area contributed by atoms with E-state index < -0.39 is 304 Å². The van der Waals surface area contributed by atoms with Crippen LogP contribution in [0.15, 0.2) is 0 Å². The first-order valence-electron chi connectivity index (χ1n) is 33.0. The molecular formula is C60H90O70Zn5. The van der Waals surface area contributed by atoms with Gasteiger partial charge < -0.3 is 351 Å². The van der Waals surface area contributed by atoms with E-state index in [4.69, 9.17) is 204 Å². The van der Waals surface area contributed by atoms with Crippen LogP contribution in [-0.2, 0) is 193 Å². The number of carbonyl (C=O) groups excluding carboxylic acids is 20. The van der Waals surface area contributed by atoms with Crippen LogP contribution in [-0.4, -0.2) is 571 Å². The molecule has 135 heavy (non-hydrogen) atoms. The number of carboxylic acid groups (broad SMARTS) is 10. The Bertz CT molecular complexity index is 2640. The van der Waals surface area contributed by atoms with Gasteiger partial charge in [0, 0.05) is 0 Å². The van der Waals surface area contributed by atoms with E-state index >= 15 is 0 Å². The third-order valence-electron chi connectivity index (χ3n) is 14.0. The molecule has 0 spiro atoms. The van der Waals surface area contributed by atoms with Crippen LogP contribution >= 0.6 is 0 Å². The van der Waals surface area contributed by atoms with Crippen molar-refractivity contribution in [3.8, 4) is 0 Å². The molecule has 0 aromatic rings. The van der Waals surface area contributed by atoms with Crippen LogP contribution in [0.2, 0.25) is 0 Å². The summed E-state index contributed by atoms with van der Waals surface area (Å²) < 4.78 is 0. The fourth-order valence-corrected chi connectivity index (χ4v) is 6.09. The molecule has 0 aromatic carbocycles. The van der Waals surface area contributed by atoms with Gasteiger partial charge in [-0.15, -0.1) is 0 Å². The van der Waals surface area contributed by atoms with Crippen molar-refractivity contribution in [3.63, 3.8) is 0 Å². The van der Waals surface area contributed by atoms with E-state index in [1.165, 1.54) is 0 Å². The van der Waals surface area contributed by atoms with Crippen molar-refractivity contribution in [2.75, 3.05) is 0 Å². The second-order valence-electron chi connectivity index (χ2n) is 23.7. The Kier molecular flexibility index (Phi) is 103. The number of aliphatic hydroxyl groups is 40. The maximum Gasteiger partial charge on any atom is 2.00 e. The number of aliphatic carboxylic acids is 10. The first kappa shape index (κ1) is 162. The summed E-state index contributed by atoms with van der Waals surface area (Å²) in [5, 5.41) is 448. The SMILES string of the molecule is O=C[C@H](O)[C@@H](O)[C@@H](O)[C@H](O)C(=O)[O-].O=C[C@H](O)[C@@H](O)[C@@H](O)[C@H](O)C(=O)[O-].O=C[C@H](O)[C@@H](O)[C@@H](O)[C@H](O)C(=O)[O-].O=C[C@H](O)[C@@H](O)[C@@H](O)[C@H](O)C(=O)[O-].O=C[C@H](O)[C@@H](O)[C@@H](O)[C@H](O)C(=O)[O-].O=C[C@H](O)[C@@H](O)[C@@H](O)[C@H](O)C(=O)[O-].O=C[C@H](O)[C@@H](O)[C@@H](O)[C@H](O)C(=O)[O-].O=C[C@H](O)[C@@H](O)[C@@H](O)[C@H](O)C(=O)[O-].O=C[C@H](O)[C@@H](O)[C@@H](O)[C@H](O)C(=O)[O-].O=C[C@H](O)[C@@H](O)[C@@H](O)[C@H](O)C(=O)[O-].[Zn+2].[Zn+2].[Zn+2].[Zn+2].[Zn+2]. The van der Waals surface area contributed by atoms with E-state index in [0.29, 0.717) is 0 Å². The van der Waals surface area contributed by atoms with Crippen molar-refractivity contribution >= 4 is 123 Å². The maximum absolute atomic E-state index is 9.95. The van der Waals surface area contributed by atoms with Crippen molar-refractivity contribution in [3.05, 3.63) is 0 Å². The Labute approximate surface area is 811 Å².